The molecule has 0 saturated heterocycles. The number of carbonyl (C=O) groups excluding carboxylic acids is 1. The Kier molecular flexibility index (Phi) is 6.33. The number of pyridine rings is 1. The van der Waals surface area contributed by atoms with Crippen molar-refractivity contribution in [2.45, 2.75) is 44.3 Å². The van der Waals surface area contributed by atoms with E-state index in [2.05, 4.69) is 32.8 Å². The molecule has 9 heteroatoms. The fourth-order valence-corrected chi connectivity index (χ4v) is 4.57. The van der Waals surface area contributed by atoms with E-state index in [1.807, 2.05) is 41.1 Å². The summed E-state index contributed by atoms with van der Waals surface area (Å²) in [6, 6.07) is 16.8. The van der Waals surface area contributed by atoms with Crippen molar-refractivity contribution >= 4 is 34.1 Å². The molecule has 5 rings (SSSR count). The Hall–Kier alpha value is -3.98. The monoisotopic (exact) mass is 473 g/mol. The zero-order valence-corrected chi connectivity index (χ0v) is 19.2. The molecule has 1 saturated carbocycles. The van der Waals surface area contributed by atoms with Crippen LogP contribution in [0.5, 0.6) is 0 Å². The van der Waals surface area contributed by atoms with E-state index in [-0.39, 0.29) is 29.3 Å². The normalized spacial score (nSPS) is 17.9. The molecule has 2 heterocycles. The van der Waals surface area contributed by atoms with Crippen molar-refractivity contribution in [1.82, 2.24) is 14.8 Å². The van der Waals surface area contributed by atoms with Crippen molar-refractivity contribution in [2.75, 3.05) is 10.6 Å². The maximum Gasteiger partial charge on any atom is 0.252 e. The molecule has 6 N–H and O–H groups in total. The minimum Gasteiger partial charge on any atom is -0.365 e. The van der Waals surface area contributed by atoms with Crippen molar-refractivity contribution in [3.05, 3.63) is 77.7 Å². The number of nitrogens with two attached hydrogens (primary N) is 2. The molecule has 1 aliphatic rings. The van der Waals surface area contributed by atoms with Gasteiger partial charge in [-0.1, -0.05) is 43.2 Å². The Balaban J connectivity index is 1.42. The van der Waals surface area contributed by atoms with Crippen molar-refractivity contribution < 1.29 is 9.18 Å². The summed E-state index contributed by atoms with van der Waals surface area (Å²) < 4.78 is 16.7. The number of rotatable bonds is 7. The number of nitrogens with one attached hydrogen (secondary N) is 2. The predicted molar refractivity (Wildman–Crippen MR) is 135 cm³/mol. The van der Waals surface area contributed by atoms with E-state index in [0.29, 0.717) is 12.2 Å². The quantitative estimate of drug-likeness (QED) is 0.320. The lowest BCUT2D eigenvalue weighted by Gasteiger charge is -2.30. The smallest absolute Gasteiger partial charge is 0.252 e. The molecular formula is C26H28FN7O. The van der Waals surface area contributed by atoms with E-state index < -0.39 is 11.7 Å². The van der Waals surface area contributed by atoms with Gasteiger partial charge in [0.25, 0.3) is 5.91 Å². The van der Waals surface area contributed by atoms with Crippen LogP contribution in [-0.4, -0.2) is 32.8 Å². The summed E-state index contributed by atoms with van der Waals surface area (Å²) in [5.74, 6) is -1.17. The first kappa shape index (κ1) is 22.8. The molecule has 180 valence electrons. The second-order valence-electron chi connectivity index (χ2n) is 8.96. The average molecular weight is 474 g/mol. The Bertz CT molecular complexity index is 1350. The van der Waals surface area contributed by atoms with E-state index in [1.54, 1.807) is 6.20 Å². The highest BCUT2D eigenvalue weighted by molar-refractivity contribution is 5.99. The molecule has 1 unspecified atom stereocenters. The highest BCUT2D eigenvalue weighted by atomic mass is 19.1. The molecule has 4 aromatic rings. The highest BCUT2D eigenvalue weighted by Crippen LogP contribution is 2.28. The van der Waals surface area contributed by atoms with Gasteiger partial charge in [-0.3, -0.25) is 9.48 Å². The number of amides is 1. The maximum absolute atomic E-state index is 14.8. The minimum absolute atomic E-state index is 0.0270. The fourth-order valence-electron chi connectivity index (χ4n) is 4.57. The summed E-state index contributed by atoms with van der Waals surface area (Å²) in [5, 5.41) is 11.7. The first-order valence-electron chi connectivity index (χ1n) is 11.8. The second-order valence-corrected chi connectivity index (χ2v) is 8.96. The molecule has 0 radical (unpaired) electrons. The van der Waals surface area contributed by atoms with Crippen molar-refractivity contribution in [3.8, 4) is 0 Å². The van der Waals surface area contributed by atoms with Gasteiger partial charge >= 0.3 is 0 Å². The lowest BCUT2D eigenvalue weighted by atomic mass is 9.91. The number of nitrogens with zero attached hydrogens (tertiary/aromatic N) is 3. The molecule has 1 amide bonds. The number of anilines is 3. The molecule has 2 atom stereocenters. The van der Waals surface area contributed by atoms with Crippen LogP contribution in [0, 0.1) is 5.82 Å². The topological polar surface area (TPSA) is 124 Å². The molecule has 35 heavy (non-hydrogen) atoms. The zero-order chi connectivity index (χ0) is 24.4. The van der Waals surface area contributed by atoms with Gasteiger partial charge < -0.3 is 22.1 Å². The number of halogens is 1. The van der Waals surface area contributed by atoms with E-state index in [0.717, 1.165) is 48.2 Å². The third-order valence-electron chi connectivity index (χ3n) is 6.46. The molecule has 0 bridgehead atoms. The summed E-state index contributed by atoms with van der Waals surface area (Å²) in [5.41, 5.74) is 14.5. The van der Waals surface area contributed by atoms with Gasteiger partial charge in [0.2, 0.25) is 0 Å². The SMILES string of the molecule is NC(=O)c1cc(F)c(NC2CCCC[C@@H]2N)nc1Nc1ccc2c(cnn2Cc2ccccc2)c1. The van der Waals surface area contributed by atoms with Crippen LogP contribution in [0.2, 0.25) is 0 Å². The number of aromatic nitrogens is 3. The first-order valence-corrected chi connectivity index (χ1v) is 11.8. The van der Waals surface area contributed by atoms with Crippen LogP contribution in [0.1, 0.15) is 41.6 Å². The summed E-state index contributed by atoms with van der Waals surface area (Å²) in [6.45, 7) is 0.654. The van der Waals surface area contributed by atoms with Crippen LogP contribution >= 0.6 is 0 Å². The van der Waals surface area contributed by atoms with Crippen LogP contribution in [0.3, 0.4) is 0 Å². The van der Waals surface area contributed by atoms with Gasteiger partial charge in [0, 0.05) is 23.2 Å². The van der Waals surface area contributed by atoms with Gasteiger partial charge in [0.1, 0.15) is 5.82 Å². The summed E-state index contributed by atoms with van der Waals surface area (Å²) in [4.78, 5) is 16.4. The van der Waals surface area contributed by atoms with Gasteiger partial charge in [0.15, 0.2) is 11.6 Å². The van der Waals surface area contributed by atoms with Crippen LogP contribution in [-0.2, 0) is 6.54 Å². The van der Waals surface area contributed by atoms with Crippen LogP contribution < -0.4 is 22.1 Å². The lowest BCUT2D eigenvalue weighted by molar-refractivity contribution is 0.100. The molecule has 2 aromatic carbocycles. The third kappa shape index (κ3) is 4.95. The Morgan fingerprint density at radius 3 is 2.66 bits per heavy atom. The summed E-state index contributed by atoms with van der Waals surface area (Å²) in [7, 11) is 0. The first-order chi connectivity index (χ1) is 17.0. The predicted octanol–water partition coefficient (Wildman–Crippen LogP) is 4.14. The largest absolute Gasteiger partial charge is 0.365 e. The van der Waals surface area contributed by atoms with Crippen molar-refractivity contribution in [1.29, 1.82) is 0 Å². The van der Waals surface area contributed by atoms with Gasteiger partial charge in [0.05, 0.1) is 23.8 Å². The summed E-state index contributed by atoms with van der Waals surface area (Å²) >= 11 is 0. The van der Waals surface area contributed by atoms with Crippen LogP contribution in [0.25, 0.3) is 10.9 Å². The van der Waals surface area contributed by atoms with Gasteiger partial charge in [-0.2, -0.15) is 5.10 Å². The van der Waals surface area contributed by atoms with E-state index in [9.17, 15) is 9.18 Å². The molecular weight excluding hydrogens is 445 g/mol. The molecule has 2 aromatic heterocycles. The fraction of sp³-hybridized carbons (Fsp3) is 0.269. The number of primary amides is 1. The maximum atomic E-state index is 14.8. The number of fused-ring (bicyclic) bond motifs is 1. The Labute approximate surface area is 202 Å². The zero-order valence-electron chi connectivity index (χ0n) is 19.2. The Morgan fingerprint density at radius 1 is 1.09 bits per heavy atom. The van der Waals surface area contributed by atoms with E-state index >= 15 is 0 Å². The summed E-state index contributed by atoms with van der Waals surface area (Å²) in [6.07, 6.45) is 5.59. The minimum atomic E-state index is -0.767. The van der Waals surface area contributed by atoms with E-state index in [4.69, 9.17) is 11.5 Å². The number of hydrogen-bond donors (Lipinski definition) is 4. The van der Waals surface area contributed by atoms with Crippen LogP contribution in [0.15, 0.2) is 60.8 Å². The second kappa shape index (κ2) is 9.71. The van der Waals surface area contributed by atoms with Gasteiger partial charge in [-0.25, -0.2) is 9.37 Å². The van der Waals surface area contributed by atoms with Gasteiger partial charge in [-0.15, -0.1) is 0 Å². The standard InChI is InChI=1S/C26H28FN7O/c27-20-13-19(24(29)35)25(33-26(20)32-22-9-5-4-8-21(22)28)31-18-10-11-23-17(12-18)14-30-34(23)15-16-6-2-1-3-7-16/h1-3,6-7,10-14,21-22H,4-5,8-9,15,28H2,(H2,29,35)(H2,31,32,33)/t21-,22?/m0/s1. The lowest BCUT2D eigenvalue weighted by Crippen LogP contribution is -2.43. The number of hydrogen-bond acceptors (Lipinski definition) is 6. The number of carbonyl (C=O) groups is 1. The molecule has 8 nitrogen and oxygen atoms in total. The van der Waals surface area contributed by atoms with Gasteiger partial charge in [-0.05, 0) is 42.7 Å². The molecule has 0 aliphatic heterocycles. The number of benzene rings is 2. The molecule has 0 spiro atoms. The Morgan fingerprint density at radius 2 is 1.89 bits per heavy atom. The van der Waals surface area contributed by atoms with E-state index in [1.165, 1.54) is 0 Å². The third-order valence-corrected chi connectivity index (χ3v) is 6.46. The van der Waals surface area contributed by atoms with Crippen molar-refractivity contribution in [3.63, 3.8) is 0 Å². The van der Waals surface area contributed by atoms with Crippen LogP contribution in [0.4, 0.5) is 21.7 Å². The average Bonchev–Trinajstić information content (AvgIpc) is 3.24. The molecule has 1 fully saturated rings. The van der Waals surface area contributed by atoms with Crippen molar-refractivity contribution in [2.24, 2.45) is 11.5 Å². The molecule has 1 aliphatic carbocycles. The highest BCUT2D eigenvalue weighted by Gasteiger charge is 2.24.